The number of thiocarbonyl (C=S) groups is 2. The third kappa shape index (κ3) is 7.09. The molecule has 0 atom stereocenters. The van der Waals surface area contributed by atoms with Crippen LogP contribution in [0.4, 0.5) is 22.7 Å². The van der Waals surface area contributed by atoms with Crippen molar-refractivity contribution in [2.75, 3.05) is 0 Å². The third-order valence-corrected chi connectivity index (χ3v) is 4.69. The van der Waals surface area contributed by atoms with E-state index in [1.807, 2.05) is 24.3 Å². The van der Waals surface area contributed by atoms with E-state index < -0.39 is 0 Å². The summed E-state index contributed by atoms with van der Waals surface area (Å²) in [4.78, 5) is 0. The summed E-state index contributed by atoms with van der Waals surface area (Å²) >= 11 is 7.40. The van der Waals surface area contributed by atoms with Crippen LogP contribution in [-0.4, -0.2) is 10.3 Å². The number of hydrogen-bond donors (Lipinski definition) is 0. The van der Waals surface area contributed by atoms with Gasteiger partial charge in [0, 0.05) is 17.1 Å². The summed E-state index contributed by atoms with van der Waals surface area (Å²) < 4.78 is 0. The molecule has 0 saturated heterocycles. The van der Waals surface area contributed by atoms with Gasteiger partial charge in [0.2, 0.25) is 0 Å². The topological polar surface area (TPSA) is 101 Å². The minimum absolute atomic E-state index is 0. The van der Waals surface area contributed by atoms with Crippen molar-refractivity contribution in [3.63, 3.8) is 0 Å². The molecule has 2 aromatic rings. The normalized spacial score (nSPS) is 12.8. The summed E-state index contributed by atoms with van der Waals surface area (Å²) in [6, 6.07) is 8.30. The van der Waals surface area contributed by atoms with Gasteiger partial charge in [0.15, 0.2) is 0 Å². The monoisotopic (exact) mass is 539 g/mol. The maximum Gasteiger partial charge on any atom is 0 e. The van der Waals surface area contributed by atoms with Crippen LogP contribution in [0.3, 0.4) is 0 Å². The molecule has 0 aliphatic carbocycles. The molecule has 35 heavy (non-hydrogen) atoms. The summed E-state index contributed by atoms with van der Waals surface area (Å²) in [6.45, 7) is 0. The van der Waals surface area contributed by atoms with Gasteiger partial charge < -0.3 is 32.1 Å². The second-order valence-electron chi connectivity index (χ2n) is 6.61. The van der Waals surface area contributed by atoms with Gasteiger partial charge in [0.25, 0.3) is 0 Å². The Balaban J connectivity index is 0.000000198. The minimum atomic E-state index is 0. The van der Waals surface area contributed by atoms with Crippen molar-refractivity contribution in [2.45, 2.75) is 0 Å². The van der Waals surface area contributed by atoms with Crippen molar-refractivity contribution < 1.29 is 17.1 Å². The quantitative estimate of drug-likeness (QED) is 0.235. The standard InChI is InChI=1S/2C12H8N2.2CNS.Cu/c2*1-3-9-5-6-10-4-2-8-14-12(10)11(9)13-7-1;2*2-1-3;/h2*1-8H;;;/q2*-2;2*-1;. The first-order chi connectivity index (χ1) is 16.7. The molecule has 0 bridgehead atoms. The van der Waals surface area contributed by atoms with E-state index in [4.69, 9.17) is 10.8 Å². The number of nitrogens with zero attached hydrogens (tertiary/aromatic N) is 6. The third-order valence-electron chi connectivity index (χ3n) is 4.69. The molecule has 6 rings (SSSR count). The van der Waals surface area contributed by atoms with E-state index in [9.17, 15) is 0 Å². The van der Waals surface area contributed by atoms with E-state index in [-0.39, 0.29) is 17.1 Å². The molecule has 4 aliphatic heterocycles. The molecule has 0 saturated carbocycles. The van der Waals surface area contributed by atoms with E-state index in [2.05, 4.69) is 94.3 Å². The van der Waals surface area contributed by atoms with Crippen LogP contribution in [0.2, 0.25) is 0 Å². The number of isothiocyanates is 2. The first-order valence-electron chi connectivity index (χ1n) is 9.93. The van der Waals surface area contributed by atoms with Crippen molar-refractivity contribution in [3.05, 3.63) is 126 Å². The van der Waals surface area contributed by atoms with Gasteiger partial charge in [-0.15, -0.1) is 22.7 Å². The van der Waals surface area contributed by atoms with Crippen LogP contribution in [0.25, 0.3) is 56.4 Å². The smallest absolute Gasteiger partial charge is 0 e. The molecule has 0 unspecified atom stereocenters. The molecule has 0 fully saturated rings. The average Bonchev–Trinajstić information content (AvgIpc) is 2.90. The van der Waals surface area contributed by atoms with Gasteiger partial charge in [-0.05, 0) is 20.9 Å². The second-order valence-corrected chi connectivity index (χ2v) is 6.98. The van der Waals surface area contributed by atoms with Crippen molar-refractivity contribution in [3.8, 4) is 0 Å². The maximum absolute atomic E-state index is 7.13. The summed E-state index contributed by atoms with van der Waals surface area (Å²) in [6.07, 6.45) is 23.2. The molecule has 4 heterocycles. The van der Waals surface area contributed by atoms with Gasteiger partial charge in [0.05, 0.1) is 0 Å². The Labute approximate surface area is 224 Å². The molecule has 179 valence electrons. The van der Waals surface area contributed by atoms with Gasteiger partial charge in [0.1, 0.15) is 0 Å². The zero-order valence-corrected chi connectivity index (χ0v) is 20.6. The predicted molar refractivity (Wildman–Crippen MR) is 150 cm³/mol. The summed E-state index contributed by atoms with van der Waals surface area (Å²) in [7, 11) is 0. The molecule has 0 amide bonds. The molecule has 6 nitrogen and oxygen atoms in total. The minimum Gasteiger partial charge on any atom is -0.753 e. The van der Waals surface area contributed by atoms with Gasteiger partial charge in [-0.1, -0.05) is 97.3 Å². The predicted octanol–water partition coefficient (Wildman–Crippen LogP) is 5.94. The Bertz CT molecular complexity index is 1290. The van der Waals surface area contributed by atoms with Crippen LogP contribution in [0.15, 0.2) is 73.4 Å². The number of hydrogen-bond acceptors (Lipinski definition) is 2. The van der Waals surface area contributed by atoms with Crippen LogP contribution in [0.5, 0.6) is 0 Å². The number of benzene rings is 2. The van der Waals surface area contributed by atoms with Crippen LogP contribution in [0.1, 0.15) is 0 Å². The Hall–Kier alpha value is -3.80. The van der Waals surface area contributed by atoms with Crippen LogP contribution in [0, 0.1) is 0 Å². The van der Waals surface area contributed by atoms with E-state index in [0.29, 0.717) is 0 Å². The van der Waals surface area contributed by atoms with E-state index in [0.717, 1.165) is 43.6 Å². The Kier molecular flexibility index (Phi) is 11.3. The molecular weight excluding hydrogens is 524 g/mol. The molecule has 0 N–H and O–H groups in total. The zero-order valence-electron chi connectivity index (χ0n) is 18.0. The van der Waals surface area contributed by atoms with Gasteiger partial charge in [-0.2, -0.15) is 35.1 Å². The van der Waals surface area contributed by atoms with Crippen LogP contribution < -0.4 is 20.9 Å². The number of allylic oxidation sites excluding steroid dienone is 4. The van der Waals surface area contributed by atoms with Gasteiger partial charge in [-0.25, -0.2) is 0 Å². The largest absolute Gasteiger partial charge is 0.753 e. The SMILES string of the molecule is C1=C[N-]c2c3c(ccc2=C1)=CC=C[N-]3.C1=C[N-]c2c3c(ccc2=C1)=CC=C[N-]3.[Cu].[N-]=C=S.[N-]=C=S. The van der Waals surface area contributed by atoms with Crippen LogP contribution in [-0.2, 0) is 17.1 Å². The number of fused-ring (bicyclic) bond motifs is 6. The summed E-state index contributed by atoms with van der Waals surface area (Å²) in [5.74, 6) is 0. The molecule has 1 radical (unpaired) electrons. The van der Waals surface area contributed by atoms with Crippen molar-refractivity contribution >= 4 is 81.8 Å². The van der Waals surface area contributed by atoms with Crippen molar-refractivity contribution in [2.24, 2.45) is 0 Å². The Morgan fingerprint density at radius 1 is 0.486 bits per heavy atom. The second kappa shape index (κ2) is 14.5. The first-order valence-corrected chi connectivity index (χ1v) is 10.7. The fourth-order valence-corrected chi connectivity index (χ4v) is 3.36. The van der Waals surface area contributed by atoms with E-state index in [1.165, 1.54) is 10.3 Å². The fourth-order valence-electron chi connectivity index (χ4n) is 3.36. The average molecular weight is 540 g/mol. The van der Waals surface area contributed by atoms with Crippen LogP contribution >= 0.6 is 24.4 Å². The molecule has 2 aromatic carbocycles. The summed E-state index contributed by atoms with van der Waals surface area (Å²) in [5.41, 5.74) is 3.91. The number of rotatable bonds is 0. The maximum atomic E-state index is 7.13. The first kappa shape index (κ1) is 27.4. The van der Waals surface area contributed by atoms with Crippen molar-refractivity contribution in [1.29, 1.82) is 0 Å². The summed E-state index contributed by atoms with van der Waals surface area (Å²) in [5, 5.41) is 38.9. The molecule has 4 aliphatic rings. The van der Waals surface area contributed by atoms with Gasteiger partial charge >= 0.3 is 0 Å². The Morgan fingerprint density at radius 3 is 0.886 bits per heavy atom. The van der Waals surface area contributed by atoms with E-state index in [1.54, 1.807) is 24.8 Å². The molecular formula is C26H16CuN6S2-6. The van der Waals surface area contributed by atoms with Crippen molar-refractivity contribution in [1.82, 2.24) is 0 Å². The molecule has 0 aromatic heterocycles. The van der Waals surface area contributed by atoms with Gasteiger partial charge in [-0.3, -0.25) is 0 Å². The molecule has 9 heteroatoms. The molecule has 0 spiro atoms. The fraction of sp³-hybridized carbons (Fsp3) is 0. The Morgan fingerprint density at radius 2 is 0.686 bits per heavy atom. The van der Waals surface area contributed by atoms with E-state index >= 15 is 0 Å². The zero-order chi connectivity index (χ0) is 24.2.